The molecule has 80 valence electrons. The number of nitrogen functional groups attached to an aromatic ring is 1. The lowest BCUT2D eigenvalue weighted by atomic mass is 10.2. The zero-order valence-corrected chi connectivity index (χ0v) is 8.39. The summed E-state index contributed by atoms with van der Waals surface area (Å²) in [5, 5.41) is 0. The molecule has 5 heteroatoms. The van der Waals surface area contributed by atoms with Crippen LogP contribution in [0.2, 0.25) is 0 Å². The fourth-order valence-corrected chi connectivity index (χ4v) is 1.73. The van der Waals surface area contributed by atoms with Gasteiger partial charge in [0.15, 0.2) is 0 Å². The van der Waals surface area contributed by atoms with E-state index in [1.165, 1.54) is 12.4 Å². The number of nitrogens with two attached hydrogens (primary N) is 2. The number of nitrogens with zero attached hydrogens (tertiary/aromatic N) is 2. The summed E-state index contributed by atoms with van der Waals surface area (Å²) in [6.07, 6.45) is 3.91. The Morgan fingerprint density at radius 2 is 2.33 bits per heavy atom. The molecular weight excluding hydrogens is 192 g/mol. The Morgan fingerprint density at radius 3 is 2.93 bits per heavy atom. The van der Waals surface area contributed by atoms with Crippen LogP contribution in [0.4, 0.5) is 5.69 Å². The Kier molecular flexibility index (Phi) is 2.55. The van der Waals surface area contributed by atoms with E-state index in [1.54, 1.807) is 11.0 Å². The first-order chi connectivity index (χ1) is 7.16. The summed E-state index contributed by atoms with van der Waals surface area (Å²) in [6, 6.07) is 1.74. The van der Waals surface area contributed by atoms with E-state index >= 15 is 0 Å². The maximum atomic E-state index is 11.9. The molecule has 0 aromatic carbocycles. The van der Waals surface area contributed by atoms with Crippen LogP contribution in [-0.4, -0.2) is 34.9 Å². The van der Waals surface area contributed by atoms with E-state index in [0.29, 0.717) is 17.8 Å². The molecule has 4 N–H and O–H groups in total. The molecule has 2 rings (SSSR count). The maximum absolute atomic E-state index is 11.9. The van der Waals surface area contributed by atoms with E-state index in [2.05, 4.69) is 4.98 Å². The summed E-state index contributed by atoms with van der Waals surface area (Å²) in [5.41, 5.74) is 12.3. The zero-order chi connectivity index (χ0) is 10.8. The van der Waals surface area contributed by atoms with Crippen molar-refractivity contribution < 1.29 is 4.79 Å². The number of amides is 1. The molecule has 0 aliphatic carbocycles. The van der Waals surface area contributed by atoms with Crippen LogP contribution in [0.15, 0.2) is 18.5 Å². The first kappa shape index (κ1) is 9.92. The molecule has 0 saturated carbocycles. The van der Waals surface area contributed by atoms with Crippen molar-refractivity contribution in [2.45, 2.75) is 12.5 Å². The Bertz CT molecular complexity index is 379. The van der Waals surface area contributed by atoms with E-state index in [0.717, 1.165) is 13.0 Å². The quantitative estimate of drug-likeness (QED) is 0.668. The molecule has 0 radical (unpaired) electrons. The summed E-state index contributed by atoms with van der Waals surface area (Å²) >= 11 is 0. The maximum Gasteiger partial charge on any atom is 0.255 e. The van der Waals surface area contributed by atoms with Crippen molar-refractivity contribution in [3.8, 4) is 0 Å². The highest BCUT2D eigenvalue weighted by Crippen LogP contribution is 2.13. The fourth-order valence-electron chi connectivity index (χ4n) is 1.73. The molecule has 5 nitrogen and oxygen atoms in total. The highest BCUT2D eigenvalue weighted by atomic mass is 16.2. The normalized spacial score (nSPS) is 20.6. The van der Waals surface area contributed by atoms with Crippen molar-refractivity contribution in [3.63, 3.8) is 0 Å². The van der Waals surface area contributed by atoms with E-state index in [1.807, 2.05) is 0 Å². The third-order valence-corrected chi connectivity index (χ3v) is 2.52. The van der Waals surface area contributed by atoms with Crippen molar-refractivity contribution in [2.24, 2.45) is 5.73 Å². The Hall–Kier alpha value is -1.62. The molecule has 1 fully saturated rings. The summed E-state index contributed by atoms with van der Waals surface area (Å²) in [5.74, 6) is -0.0391. The third kappa shape index (κ3) is 2.07. The first-order valence-electron chi connectivity index (χ1n) is 4.92. The molecule has 1 atom stereocenters. The molecule has 1 aromatic heterocycles. The summed E-state index contributed by atoms with van der Waals surface area (Å²) < 4.78 is 0. The van der Waals surface area contributed by atoms with Crippen LogP contribution in [0.25, 0.3) is 0 Å². The second-order valence-electron chi connectivity index (χ2n) is 3.81. The number of pyridine rings is 1. The molecule has 2 heterocycles. The predicted octanol–water partition coefficient (Wildman–Crippen LogP) is -0.163. The van der Waals surface area contributed by atoms with Gasteiger partial charge in [-0.15, -0.1) is 0 Å². The van der Waals surface area contributed by atoms with Gasteiger partial charge in [0.05, 0.1) is 11.3 Å². The topological polar surface area (TPSA) is 85.2 Å². The summed E-state index contributed by atoms with van der Waals surface area (Å²) in [4.78, 5) is 17.5. The average molecular weight is 206 g/mol. The van der Waals surface area contributed by atoms with Gasteiger partial charge >= 0.3 is 0 Å². The fraction of sp³-hybridized carbons (Fsp3) is 0.400. The smallest absolute Gasteiger partial charge is 0.255 e. The van der Waals surface area contributed by atoms with Gasteiger partial charge in [0.1, 0.15) is 0 Å². The highest BCUT2D eigenvalue weighted by Gasteiger charge is 2.24. The van der Waals surface area contributed by atoms with Gasteiger partial charge < -0.3 is 16.4 Å². The monoisotopic (exact) mass is 206 g/mol. The molecule has 1 aromatic rings. The molecule has 1 saturated heterocycles. The van der Waals surface area contributed by atoms with Crippen molar-refractivity contribution >= 4 is 11.6 Å². The van der Waals surface area contributed by atoms with Gasteiger partial charge in [-0.25, -0.2) is 0 Å². The molecule has 1 unspecified atom stereocenters. The number of rotatable bonds is 1. The van der Waals surface area contributed by atoms with Crippen LogP contribution < -0.4 is 11.5 Å². The molecule has 1 aliphatic heterocycles. The van der Waals surface area contributed by atoms with Crippen LogP contribution >= 0.6 is 0 Å². The largest absolute Gasteiger partial charge is 0.397 e. The summed E-state index contributed by atoms with van der Waals surface area (Å²) in [6.45, 7) is 1.34. The number of aromatic nitrogens is 1. The van der Waals surface area contributed by atoms with Gasteiger partial charge in [0.2, 0.25) is 0 Å². The number of likely N-dealkylation sites (tertiary alicyclic amines) is 1. The lowest BCUT2D eigenvalue weighted by molar-refractivity contribution is 0.0790. The number of hydrogen-bond acceptors (Lipinski definition) is 4. The van der Waals surface area contributed by atoms with Gasteiger partial charge in [-0.1, -0.05) is 0 Å². The first-order valence-corrected chi connectivity index (χ1v) is 4.92. The SMILES string of the molecule is Nc1cncc(C(=O)N2CCC(N)C2)c1. The lowest BCUT2D eigenvalue weighted by Gasteiger charge is -2.15. The zero-order valence-electron chi connectivity index (χ0n) is 8.39. The van der Waals surface area contributed by atoms with Crippen LogP contribution in [-0.2, 0) is 0 Å². The molecule has 1 amide bonds. The van der Waals surface area contributed by atoms with Crippen LogP contribution in [0, 0.1) is 0 Å². The van der Waals surface area contributed by atoms with E-state index in [9.17, 15) is 4.79 Å². The molecular formula is C10H14N4O. The molecule has 0 spiro atoms. The van der Waals surface area contributed by atoms with E-state index in [4.69, 9.17) is 11.5 Å². The number of carbonyl (C=O) groups excluding carboxylic acids is 1. The number of carbonyl (C=O) groups is 1. The van der Waals surface area contributed by atoms with Crippen molar-refractivity contribution in [2.75, 3.05) is 18.8 Å². The van der Waals surface area contributed by atoms with Crippen LogP contribution in [0.5, 0.6) is 0 Å². The third-order valence-electron chi connectivity index (χ3n) is 2.52. The van der Waals surface area contributed by atoms with Crippen molar-refractivity contribution in [1.82, 2.24) is 9.88 Å². The molecule has 15 heavy (non-hydrogen) atoms. The predicted molar refractivity (Wildman–Crippen MR) is 57.1 cm³/mol. The number of hydrogen-bond donors (Lipinski definition) is 2. The summed E-state index contributed by atoms with van der Waals surface area (Å²) in [7, 11) is 0. The van der Waals surface area contributed by atoms with Gasteiger partial charge in [0.25, 0.3) is 5.91 Å². The van der Waals surface area contributed by atoms with Gasteiger partial charge in [-0.05, 0) is 12.5 Å². The van der Waals surface area contributed by atoms with Crippen LogP contribution in [0.1, 0.15) is 16.8 Å². The van der Waals surface area contributed by atoms with Crippen LogP contribution in [0.3, 0.4) is 0 Å². The highest BCUT2D eigenvalue weighted by molar-refractivity contribution is 5.94. The molecule has 1 aliphatic rings. The van der Waals surface area contributed by atoms with Gasteiger partial charge in [-0.2, -0.15) is 0 Å². The minimum atomic E-state index is -0.0391. The average Bonchev–Trinajstić information content (AvgIpc) is 2.64. The molecule has 0 bridgehead atoms. The van der Waals surface area contributed by atoms with E-state index < -0.39 is 0 Å². The number of anilines is 1. The van der Waals surface area contributed by atoms with E-state index in [-0.39, 0.29) is 11.9 Å². The van der Waals surface area contributed by atoms with Gasteiger partial charge in [-0.3, -0.25) is 9.78 Å². The standard InChI is InChI=1S/C10H14N4O/c11-8-1-2-14(6-8)10(15)7-3-9(12)5-13-4-7/h3-5,8H,1-2,6,11-12H2. The minimum absolute atomic E-state index is 0.0391. The van der Waals surface area contributed by atoms with Gasteiger partial charge in [0, 0.05) is 31.5 Å². The second kappa shape index (κ2) is 3.86. The second-order valence-corrected chi connectivity index (χ2v) is 3.81. The Morgan fingerprint density at radius 1 is 1.53 bits per heavy atom. The van der Waals surface area contributed by atoms with Crippen molar-refractivity contribution in [1.29, 1.82) is 0 Å². The Balaban J connectivity index is 2.14. The lowest BCUT2D eigenvalue weighted by Crippen LogP contribution is -2.31. The Labute approximate surface area is 88.1 Å². The van der Waals surface area contributed by atoms with Crippen molar-refractivity contribution in [3.05, 3.63) is 24.0 Å². The minimum Gasteiger partial charge on any atom is -0.397 e.